The van der Waals surface area contributed by atoms with Crippen molar-refractivity contribution in [3.63, 3.8) is 0 Å². The van der Waals surface area contributed by atoms with Crippen LogP contribution in [0, 0.1) is 6.92 Å². The van der Waals surface area contributed by atoms with E-state index in [2.05, 4.69) is 41.3 Å². The van der Waals surface area contributed by atoms with Crippen molar-refractivity contribution >= 4 is 43.8 Å². The smallest absolute Gasteiger partial charge is 0.171 e. The average molecular weight is 341 g/mol. The largest absolute Gasteiger partial charge is 0.371 e. The molecule has 1 atom stereocenters. The summed E-state index contributed by atoms with van der Waals surface area (Å²) >= 11 is 1.57. The second kappa shape index (κ2) is 6.49. The first kappa shape index (κ1) is 16.9. The van der Waals surface area contributed by atoms with Gasteiger partial charge in [-0.15, -0.1) is 11.3 Å². The Labute approximate surface area is 146 Å². The summed E-state index contributed by atoms with van der Waals surface area (Å²) in [5.74, 6) is 0.114. The first-order valence-corrected chi connectivity index (χ1v) is 8.96. The van der Waals surface area contributed by atoms with E-state index in [1.54, 1.807) is 18.3 Å². The van der Waals surface area contributed by atoms with E-state index in [-0.39, 0.29) is 5.78 Å². The van der Waals surface area contributed by atoms with Gasteiger partial charge in [0, 0.05) is 47.7 Å². The molecule has 3 rings (SSSR count). The molecule has 0 spiro atoms. The van der Waals surface area contributed by atoms with Crippen molar-refractivity contribution in [2.24, 2.45) is 0 Å². The SMILES string of the molecule is CNC(C)CN(C)c1c(C(C)=O)sc2ccc3nc(C)ccc3c12. The number of anilines is 1. The van der Waals surface area contributed by atoms with E-state index in [4.69, 9.17) is 0 Å². The van der Waals surface area contributed by atoms with Crippen molar-refractivity contribution < 1.29 is 4.79 Å². The van der Waals surface area contributed by atoms with Crippen LogP contribution in [0.1, 0.15) is 29.2 Å². The Bertz CT molecular complexity index is 916. The Morgan fingerprint density at radius 3 is 2.75 bits per heavy atom. The van der Waals surface area contributed by atoms with Gasteiger partial charge in [0.25, 0.3) is 0 Å². The molecule has 0 bridgehead atoms. The number of likely N-dealkylation sites (N-methyl/N-ethyl adjacent to an activating group) is 2. The summed E-state index contributed by atoms with van der Waals surface area (Å²) in [5, 5.41) is 5.52. The highest BCUT2D eigenvalue weighted by Crippen LogP contribution is 2.42. The zero-order valence-electron chi connectivity index (χ0n) is 14.8. The van der Waals surface area contributed by atoms with Crippen molar-refractivity contribution in [3.8, 4) is 0 Å². The predicted molar refractivity (Wildman–Crippen MR) is 104 cm³/mol. The second-order valence-corrected chi connectivity index (χ2v) is 7.42. The van der Waals surface area contributed by atoms with E-state index in [1.165, 1.54) is 0 Å². The first-order chi connectivity index (χ1) is 11.4. The van der Waals surface area contributed by atoms with Crippen LogP contribution in [-0.4, -0.2) is 37.4 Å². The van der Waals surface area contributed by atoms with Crippen molar-refractivity contribution in [3.05, 3.63) is 34.8 Å². The van der Waals surface area contributed by atoms with Gasteiger partial charge >= 0.3 is 0 Å². The Morgan fingerprint density at radius 1 is 1.33 bits per heavy atom. The van der Waals surface area contributed by atoms with Crippen LogP contribution in [0.2, 0.25) is 0 Å². The average Bonchev–Trinajstić information content (AvgIpc) is 2.94. The quantitative estimate of drug-likeness (QED) is 0.712. The van der Waals surface area contributed by atoms with E-state index in [9.17, 15) is 4.79 Å². The maximum Gasteiger partial charge on any atom is 0.171 e. The standard InChI is InChI=1S/C19H23N3OS/c1-11-6-7-14-15(21-11)8-9-16-17(14)18(19(24-16)13(3)23)22(5)10-12(2)20-4/h6-9,12,20H,10H2,1-5H3. The molecule has 1 N–H and O–H groups in total. The lowest BCUT2D eigenvalue weighted by Crippen LogP contribution is -2.35. The zero-order chi connectivity index (χ0) is 17.4. The van der Waals surface area contributed by atoms with Crippen LogP contribution in [0.5, 0.6) is 0 Å². The second-order valence-electron chi connectivity index (χ2n) is 6.36. The number of pyridine rings is 1. The molecule has 24 heavy (non-hydrogen) atoms. The van der Waals surface area contributed by atoms with Crippen LogP contribution in [0.25, 0.3) is 21.0 Å². The van der Waals surface area contributed by atoms with Gasteiger partial charge in [0.05, 0.1) is 16.1 Å². The number of fused-ring (bicyclic) bond motifs is 3. The molecular weight excluding hydrogens is 318 g/mol. The number of hydrogen-bond donors (Lipinski definition) is 1. The maximum absolute atomic E-state index is 12.2. The molecule has 0 fully saturated rings. The van der Waals surface area contributed by atoms with Crippen LogP contribution in [-0.2, 0) is 0 Å². The van der Waals surface area contributed by atoms with Gasteiger partial charge in [0.1, 0.15) is 0 Å². The molecule has 0 saturated carbocycles. The maximum atomic E-state index is 12.2. The summed E-state index contributed by atoms with van der Waals surface area (Å²) in [4.78, 5) is 19.9. The van der Waals surface area contributed by atoms with E-state index >= 15 is 0 Å². The Hall–Kier alpha value is -1.98. The third-order valence-corrected chi connectivity index (χ3v) is 5.62. The fourth-order valence-electron chi connectivity index (χ4n) is 3.08. The summed E-state index contributed by atoms with van der Waals surface area (Å²) in [7, 11) is 4.01. The number of nitrogens with zero attached hydrogens (tertiary/aromatic N) is 2. The Balaban J connectivity index is 2.30. The lowest BCUT2D eigenvalue weighted by Gasteiger charge is -2.24. The number of nitrogens with one attached hydrogen (secondary N) is 1. The van der Waals surface area contributed by atoms with Gasteiger partial charge < -0.3 is 10.2 Å². The summed E-state index contributed by atoms with van der Waals surface area (Å²) in [6.45, 7) is 6.62. The number of carbonyl (C=O) groups is 1. The van der Waals surface area contributed by atoms with E-state index in [0.29, 0.717) is 6.04 Å². The minimum atomic E-state index is 0.114. The van der Waals surface area contributed by atoms with Gasteiger partial charge in [-0.3, -0.25) is 9.78 Å². The molecule has 3 aromatic rings. The van der Waals surface area contributed by atoms with E-state index in [0.717, 1.165) is 43.8 Å². The van der Waals surface area contributed by atoms with E-state index < -0.39 is 0 Å². The summed E-state index contributed by atoms with van der Waals surface area (Å²) in [6, 6.07) is 8.62. The summed E-state index contributed by atoms with van der Waals surface area (Å²) < 4.78 is 1.14. The van der Waals surface area contributed by atoms with Crippen LogP contribution < -0.4 is 10.2 Å². The molecule has 0 radical (unpaired) electrons. The third-order valence-electron chi connectivity index (χ3n) is 4.38. The number of rotatable bonds is 5. The fraction of sp³-hybridized carbons (Fsp3) is 0.368. The topological polar surface area (TPSA) is 45.2 Å². The van der Waals surface area contributed by atoms with Gasteiger partial charge in [-0.1, -0.05) is 6.07 Å². The highest BCUT2D eigenvalue weighted by atomic mass is 32.1. The van der Waals surface area contributed by atoms with Gasteiger partial charge in [0.2, 0.25) is 0 Å². The predicted octanol–water partition coefficient (Wildman–Crippen LogP) is 4.00. The highest BCUT2D eigenvalue weighted by molar-refractivity contribution is 7.21. The molecule has 0 saturated heterocycles. The lowest BCUT2D eigenvalue weighted by atomic mass is 10.1. The molecule has 5 heteroatoms. The third kappa shape index (κ3) is 2.89. The molecule has 0 aliphatic rings. The number of ketones is 1. The van der Waals surface area contributed by atoms with Crippen molar-refractivity contribution in [2.45, 2.75) is 26.8 Å². The molecule has 0 aliphatic heterocycles. The molecule has 0 amide bonds. The molecule has 1 unspecified atom stereocenters. The first-order valence-electron chi connectivity index (χ1n) is 8.14. The number of aryl methyl sites for hydroxylation is 1. The number of Topliss-reactive ketones (excluding diaryl/α,β-unsaturated/α-hetero) is 1. The number of hydrogen-bond acceptors (Lipinski definition) is 5. The van der Waals surface area contributed by atoms with Crippen LogP contribution in [0.15, 0.2) is 24.3 Å². The van der Waals surface area contributed by atoms with Gasteiger partial charge in [-0.05, 0) is 39.1 Å². The van der Waals surface area contributed by atoms with Crippen LogP contribution >= 0.6 is 11.3 Å². The summed E-state index contributed by atoms with van der Waals surface area (Å²) in [6.07, 6.45) is 0. The minimum absolute atomic E-state index is 0.114. The van der Waals surface area contributed by atoms with Crippen LogP contribution in [0.3, 0.4) is 0 Å². The number of thiophene rings is 1. The molecule has 0 aliphatic carbocycles. The monoisotopic (exact) mass is 341 g/mol. The van der Waals surface area contributed by atoms with E-state index in [1.807, 2.05) is 26.1 Å². The van der Waals surface area contributed by atoms with Gasteiger partial charge in [-0.25, -0.2) is 0 Å². The molecule has 126 valence electrons. The summed E-state index contributed by atoms with van der Waals surface area (Å²) in [5.41, 5.74) is 3.01. The Morgan fingerprint density at radius 2 is 2.08 bits per heavy atom. The number of aromatic nitrogens is 1. The normalized spacial score (nSPS) is 12.7. The molecule has 1 aromatic carbocycles. The fourth-order valence-corrected chi connectivity index (χ4v) is 4.25. The van der Waals surface area contributed by atoms with Gasteiger partial charge in [-0.2, -0.15) is 0 Å². The highest BCUT2D eigenvalue weighted by Gasteiger charge is 2.21. The lowest BCUT2D eigenvalue weighted by molar-refractivity contribution is 0.102. The number of benzene rings is 1. The van der Waals surface area contributed by atoms with Crippen molar-refractivity contribution in [1.29, 1.82) is 0 Å². The molecule has 2 aromatic heterocycles. The zero-order valence-corrected chi connectivity index (χ0v) is 15.6. The molecule has 2 heterocycles. The minimum Gasteiger partial charge on any atom is -0.371 e. The Kier molecular flexibility index (Phi) is 4.56. The van der Waals surface area contributed by atoms with Crippen molar-refractivity contribution in [1.82, 2.24) is 10.3 Å². The number of carbonyl (C=O) groups excluding carboxylic acids is 1. The molecule has 4 nitrogen and oxygen atoms in total. The van der Waals surface area contributed by atoms with Crippen LogP contribution in [0.4, 0.5) is 5.69 Å². The van der Waals surface area contributed by atoms with Gasteiger partial charge in [0.15, 0.2) is 5.78 Å². The van der Waals surface area contributed by atoms with Crippen molar-refractivity contribution in [2.75, 3.05) is 25.5 Å². The molecular formula is C19H23N3OS.